The number of cyclic esters (lactones) is 1. The highest BCUT2D eigenvalue weighted by atomic mass is 16.6. The first-order chi connectivity index (χ1) is 3.29. The van der Waals surface area contributed by atoms with Crippen molar-refractivity contribution < 1.29 is 14.6 Å². The molecule has 1 aliphatic heterocycles. The van der Waals surface area contributed by atoms with E-state index in [1.54, 1.807) is 0 Å². The average molecular weight is 99.1 g/mol. The highest BCUT2D eigenvalue weighted by molar-refractivity contribution is 5.83. The van der Waals surface area contributed by atoms with E-state index in [0.29, 0.717) is 0 Å². The molecule has 3 heteroatoms. The van der Waals surface area contributed by atoms with E-state index in [-0.39, 0.29) is 0 Å². The summed E-state index contributed by atoms with van der Waals surface area (Å²) >= 11 is 0. The van der Waals surface area contributed by atoms with Gasteiger partial charge in [-0.25, -0.2) is 4.79 Å². The van der Waals surface area contributed by atoms with Crippen LogP contribution in [0.5, 0.6) is 0 Å². The lowest BCUT2D eigenvalue weighted by Crippen LogP contribution is -2.04. The standard InChI is InChI=1S/C4H3O3/c5-3-1-2-4(6)7-3/h1,4,6H. The minimum absolute atomic E-state index is 0.535. The summed E-state index contributed by atoms with van der Waals surface area (Å²) in [5.74, 6) is -0.535. The van der Waals surface area contributed by atoms with Gasteiger partial charge in [0.15, 0.2) is 0 Å². The molecule has 1 N–H and O–H groups in total. The third-order valence-corrected chi connectivity index (χ3v) is 0.572. The van der Waals surface area contributed by atoms with Crippen LogP contribution in [0, 0.1) is 6.08 Å². The summed E-state index contributed by atoms with van der Waals surface area (Å²) in [6.07, 6.45) is 2.16. The molecule has 0 saturated carbocycles. The monoisotopic (exact) mass is 99.0 g/mol. The Hall–Kier alpha value is -0.830. The van der Waals surface area contributed by atoms with Crippen molar-refractivity contribution in [3.63, 3.8) is 0 Å². The van der Waals surface area contributed by atoms with Crippen LogP contribution in [0.4, 0.5) is 0 Å². The van der Waals surface area contributed by atoms with Crippen molar-refractivity contribution in [2.24, 2.45) is 0 Å². The SMILES string of the molecule is O=C1C=[C]C(O)O1. The first kappa shape index (κ1) is 4.33. The van der Waals surface area contributed by atoms with E-state index in [4.69, 9.17) is 5.11 Å². The lowest BCUT2D eigenvalue weighted by molar-refractivity contribution is -0.150. The van der Waals surface area contributed by atoms with Gasteiger partial charge in [-0.1, -0.05) is 0 Å². The summed E-state index contributed by atoms with van der Waals surface area (Å²) in [6, 6.07) is 0. The zero-order valence-corrected chi connectivity index (χ0v) is 3.42. The summed E-state index contributed by atoms with van der Waals surface area (Å²) in [5, 5.41) is 8.31. The Labute approximate surface area is 40.2 Å². The van der Waals surface area contributed by atoms with Crippen molar-refractivity contribution >= 4 is 5.97 Å². The number of ether oxygens (including phenoxy) is 1. The third kappa shape index (κ3) is 0.778. The highest BCUT2D eigenvalue weighted by Gasteiger charge is 2.11. The minimum Gasteiger partial charge on any atom is -0.428 e. The molecule has 1 unspecified atom stereocenters. The zero-order chi connectivity index (χ0) is 5.28. The molecule has 0 aromatic heterocycles. The van der Waals surface area contributed by atoms with E-state index in [1.165, 1.54) is 0 Å². The van der Waals surface area contributed by atoms with Gasteiger partial charge in [0.05, 0.1) is 0 Å². The van der Waals surface area contributed by atoms with Crippen molar-refractivity contribution in [1.29, 1.82) is 0 Å². The zero-order valence-electron chi connectivity index (χ0n) is 3.42. The second kappa shape index (κ2) is 1.35. The Balaban J connectivity index is 2.58. The number of hydrogen-bond acceptors (Lipinski definition) is 3. The van der Waals surface area contributed by atoms with E-state index in [0.717, 1.165) is 6.08 Å². The van der Waals surface area contributed by atoms with E-state index in [1.807, 2.05) is 0 Å². The molecular formula is C4H3O3. The van der Waals surface area contributed by atoms with Gasteiger partial charge in [-0.3, -0.25) is 0 Å². The molecule has 37 valence electrons. The molecule has 1 radical (unpaired) electrons. The molecule has 0 aromatic rings. The van der Waals surface area contributed by atoms with Gasteiger partial charge in [0.2, 0.25) is 6.29 Å². The van der Waals surface area contributed by atoms with Crippen molar-refractivity contribution in [2.45, 2.75) is 6.29 Å². The van der Waals surface area contributed by atoms with Gasteiger partial charge in [-0.05, 0) is 0 Å². The van der Waals surface area contributed by atoms with Crippen LogP contribution in [0.15, 0.2) is 6.08 Å². The van der Waals surface area contributed by atoms with E-state index in [2.05, 4.69) is 10.8 Å². The fraction of sp³-hybridized carbons (Fsp3) is 0.250. The largest absolute Gasteiger partial charge is 0.428 e. The average Bonchev–Trinajstić information content (AvgIpc) is 1.87. The number of esters is 1. The fourth-order valence-corrected chi connectivity index (χ4v) is 0.317. The van der Waals surface area contributed by atoms with Gasteiger partial charge in [0, 0.05) is 12.2 Å². The van der Waals surface area contributed by atoms with E-state index < -0.39 is 12.3 Å². The third-order valence-electron chi connectivity index (χ3n) is 0.572. The molecule has 0 bridgehead atoms. The van der Waals surface area contributed by atoms with Crippen molar-refractivity contribution in [2.75, 3.05) is 0 Å². The number of aliphatic hydroxyl groups excluding tert-OH is 1. The van der Waals surface area contributed by atoms with E-state index in [9.17, 15) is 4.79 Å². The number of carbonyl (C=O) groups excluding carboxylic acids is 1. The number of hydrogen-bond donors (Lipinski definition) is 1. The Kier molecular flexibility index (Phi) is 0.834. The van der Waals surface area contributed by atoms with Gasteiger partial charge in [-0.15, -0.1) is 0 Å². The Morgan fingerprint density at radius 3 is 2.86 bits per heavy atom. The lowest BCUT2D eigenvalue weighted by atomic mass is 10.5. The maximum absolute atomic E-state index is 9.95. The molecule has 7 heavy (non-hydrogen) atoms. The van der Waals surface area contributed by atoms with E-state index >= 15 is 0 Å². The molecule has 0 aromatic carbocycles. The Morgan fingerprint density at radius 2 is 2.71 bits per heavy atom. The molecule has 1 rings (SSSR count). The molecule has 3 nitrogen and oxygen atoms in total. The molecule has 1 heterocycles. The van der Waals surface area contributed by atoms with Crippen LogP contribution in [-0.4, -0.2) is 17.4 Å². The van der Waals surface area contributed by atoms with Crippen molar-refractivity contribution in [3.8, 4) is 0 Å². The fourth-order valence-electron chi connectivity index (χ4n) is 0.317. The molecule has 0 saturated heterocycles. The van der Waals surface area contributed by atoms with Crippen LogP contribution in [0.1, 0.15) is 0 Å². The van der Waals surface area contributed by atoms with Crippen LogP contribution in [0.25, 0.3) is 0 Å². The van der Waals surface area contributed by atoms with Gasteiger partial charge in [0.1, 0.15) is 0 Å². The molecule has 0 spiro atoms. The van der Waals surface area contributed by atoms with Gasteiger partial charge in [0.25, 0.3) is 0 Å². The topological polar surface area (TPSA) is 46.5 Å². The number of carbonyl (C=O) groups is 1. The van der Waals surface area contributed by atoms with Gasteiger partial charge < -0.3 is 9.84 Å². The van der Waals surface area contributed by atoms with Gasteiger partial charge >= 0.3 is 5.97 Å². The van der Waals surface area contributed by atoms with Crippen LogP contribution >= 0.6 is 0 Å². The normalized spacial score (nSPS) is 28.1. The lowest BCUT2D eigenvalue weighted by Gasteiger charge is -1.93. The number of aliphatic hydroxyl groups is 1. The maximum atomic E-state index is 9.95. The molecule has 0 aliphatic carbocycles. The molecule has 1 aliphatic rings. The maximum Gasteiger partial charge on any atom is 0.333 e. The number of rotatable bonds is 0. The first-order valence-corrected chi connectivity index (χ1v) is 1.77. The predicted octanol–water partition coefficient (Wildman–Crippen LogP) is -0.779. The summed E-state index contributed by atoms with van der Waals surface area (Å²) in [6.45, 7) is 0. The van der Waals surface area contributed by atoms with Crippen LogP contribution in [0.2, 0.25) is 0 Å². The van der Waals surface area contributed by atoms with Crippen molar-refractivity contribution in [3.05, 3.63) is 12.2 Å². The quantitative estimate of drug-likeness (QED) is 0.405. The Bertz CT molecular complexity index is 116. The van der Waals surface area contributed by atoms with Crippen LogP contribution < -0.4 is 0 Å². The summed E-state index contributed by atoms with van der Waals surface area (Å²) in [7, 11) is 0. The molecule has 1 atom stereocenters. The van der Waals surface area contributed by atoms with Crippen molar-refractivity contribution in [1.82, 2.24) is 0 Å². The molecule has 0 amide bonds. The highest BCUT2D eigenvalue weighted by Crippen LogP contribution is 1.97. The smallest absolute Gasteiger partial charge is 0.333 e. The minimum atomic E-state index is -1.13. The predicted molar refractivity (Wildman–Crippen MR) is 19.9 cm³/mol. The second-order valence-corrected chi connectivity index (χ2v) is 1.10. The summed E-state index contributed by atoms with van der Waals surface area (Å²) in [4.78, 5) is 9.95. The summed E-state index contributed by atoms with van der Waals surface area (Å²) in [5.41, 5.74) is 0. The second-order valence-electron chi connectivity index (χ2n) is 1.10. The first-order valence-electron chi connectivity index (χ1n) is 1.77. The summed E-state index contributed by atoms with van der Waals surface area (Å²) < 4.78 is 4.11. The Morgan fingerprint density at radius 1 is 2.00 bits per heavy atom. The van der Waals surface area contributed by atoms with Crippen LogP contribution in [0.3, 0.4) is 0 Å². The van der Waals surface area contributed by atoms with Crippen LogP contribution in [-0.2, 0) is 9.53 Å². The van der Waals surface area contributed by atoms with Gasteiger partial charge in [-0.2, -0.15) is 0 Å². The molecule has 0 fully saturated rings. The molecular weight excluding hydrogens is 96.0 g/mol.